The van der Waals surface area contributed by atoms with E-state index in [4.69, 9.17) is 4.74 Å². The number of amidine groups is 1. The van der Waals surface area contributed by atoms with Gasteiger partial charge in [-0.25, -0.2) is 9.98 Å². The van der Waals surface area contributed by atoms with Gasteiger partial charge in [-0.15, -0.1) is 0 Å². The summed E-state index contributed by atoms with van der Waals surface area (Å²) in [5.74, 6) is 0.923. The van der Waals surface area contributed by atoms with E-state index in [1.165, 1.54) is 5.56 Å². The highest BCUT2D eigenvalue weighted by atomic mass is 16.5. The zero-order valence-electron chi connectivity index (χ0n) is 13.1. The quantitative estimate of drug-likeness (QED) is 0.788. The third kappa shape index (κ3) is 2.69. The van der Waals surface area contributed by atoms with Crippen LogP contribution in [0.2, 0.25) is 0 Å². The Morgan fingerprint density at radius 1 is 1.27 bits per heavy atom. The average Bonchev–Trinajstić information content (AvgIpc) is 2.93. The molecule has 0 saturated heterocycles. The Bertz CT molecular complexity index is 635. The molecule has 6 heteroatoms. The Labute approximate surface area is 130 Å². The van der Waals surface area contributed by atoms with E-state index in [1.54, 1.807) is 13.3 Å². The summed E-state index contributed by atoms with van der Waals surface area (Å²) in [6.45, 7) is 4.86. The van der Waals surface area contributed by atoms with Crippen LogP contribution in [0.1, 0.15) is 19.4 Å². The van der Waals surface area contributed by atoms with Crippen molar-refractivity contribution in [1.29, 1.82) is 0 Å². The second kappa shape index (κ2) is 5.81. The molecule has 116 valence electrons. The monoisotopic (exact) mass is 299 g/mol. The van der Waals surface area contributed by atoms with Gasteiger partial charge in [-0.1, -0.05) is 44.2 Å². The largest absolute Gasteiger partial charge is 0.352 e. The van der Waals surface area contributed by atoms with Crippen molar-refractivity contribution in [3.05, 3.63) is 47.8 Å². The van der Waals surface area contributed by atoms with Crippen LogP contribution in [0, 0.1) is 5.92 Å². The van der Waals surface area contributed by atoms with Crippen LogP contribution in [0.25, 0.3) is 0 Å². The molecule has 1 unspecified atom stereocenters. The van der Waals surface area contributed by atoms with Crippen LogP contribution in [0.3, 0.4) is 0 Å². The summed E-state index contributed by atoms with van der Waals surface area (Å²) in [4.78, 5) is 9.04. The number of nitrogens with zero attached hydrogens (tertiary/aromatic N) is 2. The summed E-state index contributed by atoms with van der Waals surface area (Å²) < 4.78 is 5.62. The lowest BCUT2D eigenvalue weighted by molar-refractivity contribution is 0.0167. The van der Waals surface area contributed by atoms with Crippen molar-refractivity contribution in [3.8, 4) is 0 Å². The molecule has 2 aliphatic heterocycles. The number of ether oxygens (including phenoxy) is 1. The number of nitrogens with one attached hydrogen (secondary N) is 3. The predicted octanol–water partition coefficient (Wildman–Crippen LogP) is 1.53. The van der Waals surface area contributed by atoms with E-state index in [9.17, 15) is 0 Å². The Morgan fingerprint density at radius 2 is 2.05 bits per heavy atom. The molecule has 0 aliphatic carbocycles. The van der Waals surface area contributed by atoms with Crippen LogP contribution in [-0.4, -0.2) is 24.8 Å². The van der Waals surface area contributed by atoms with Gasteiger partial charge in [0.2, 0.25) is 0 Å². The van der Waals surface area contributed by atoms with Gasteiger partial charge in [-0.3, -0.25) is 0 Å². The number of hydrogen-bond donors (Lipinski definition) is 3. The van der Waals surface area contributed by atoms with Gasteiger partial charge in [0, 0.05) is 19.6 Å². The number of fused-ring (bicyclic) bond motifs is 1. The Morgan fingerprint density at radius 3 is 2.73 bits per heavy atom. The number of rotatable bonds is 4. The molecule has 0 bridgehead atoms. The molecular weight excluding hydrogens is 278 g/mol. The van der Waals surface area contributed by atoms with Crippen molar-refractivity contribution in [2.45, 2.75) is 26.2 Å². The Kier molecular flexibility index (Phi) is 3.85. The second-order valence-corrected chi connectivity index (χ2v) is 5.61. The minimum atomic E-state index is -0.902. The van der Waals surface area contributed by atoms with Crippen LogP contribution in [0.5, 0.6) is 0 Å². The van der Waals surface area contributed by atoms with E-state index in [2.05, 4.69) is 51.9 Å². The Hall–Kier alpha value is -2.34. The van der Waals surface area contributed by atoms with Crippen molar-refractivity contribution < 1.29 is 4.74 Å². The van der Waals surface area contributed by atoms with E-state index in [-0.39, 0.29) is 0 Å². The molecule has 1 aromatic rings. The smallest absolute Gasteiger partial charge is 0.285 e. The summed E-state index contributed by atoms with van der Waals surface area (Å²) in [6, 6.07) is 10.2. The molecule has 0 amide bonds. The Balaban J connectivity index is 1.73. The lowest BCUT2D eigenvalue weighted by atomic mass is 10.2. The van der Waals surface area contributed by atoms with Crippen LogP contribution in [0.15, 0.2) is 52.2 Å². The second-order valence-electron chi connectivity index (χ2n) is 5.61. The van der Waals surface area contributed by atoms with Crippen LogP contribution < -0.4 is 16.0 Å². The van der Waals surface area contributed by atoms with Crippen molar-refractivity contribution in [3.63, 3.8) is 0 Å². The SMILES string of the molecule is COC12N=C(C(C)C)NC1=CN=C(NCc1ccccc1)N2. The third-order valence-electron chi connectivity index (χ3n) is 3.66. The van der Waals surface area contributed by atoms with Gasteiger partial charge in [0.15, 0.2) is 5.96 Å². The molecule has 3 rings (SSSR count). The molecule has 1 aromatic carbocycles. The van der Waals surface area contributed by atoms with Crippen molar-refractivity contribution >= 4 is 11.8 Å². The highest BCUT2D eigenvalue weighted by Crippen LogP contribution is 2.27. The zero-order valence-corrected chi connectivity index (χ0v) is 13.1. The van der Waals surface area contributed by atoms with Crippen molar-refractivity contribution in [1.82, 2.24) is 16.0 Å². The van der Waals surface area contributed by atoms with Crippen LogP contribution >= 0.6 is 0 Å². The van der Waals surface area contributed by atoms with Gasteiger partial charge in [-0.2, -0.15) is 0 Å². The van der Waals surface area contributed by atoms with Crippen molar-refractivity contribution in [2.24, 2.45) is 15.9 Å². The summed E-state index contributed by atoms with van der Waals surface area (Å²) in [7, 11) is 1.63. The first kappa shape index (κ1) is 14.6. The molecule has 3 N–H and O–H groups in total. The van der Waals surface area contributed by atoms with Crippen LogP contribution in [0.4, 0.5) is 0 Å². The first-order chi connectivity index (χ1) is 10.6. The zero-order chi connectivity index (χ0) is 15.6. The van der Waals surface area contributed by atoms with Gasteiger partial charge < -0.3 is 20.7 Å². The lowest BCUT2D eigenvalue weighted by Gasteiger charge is -2.30. The molecule has 1 atom stereocenters. The maximum absolute atomic E-state index is 5.62. The predicted molar refractivity (Wildman–Crippen MR) is 87.1 cm³/mol. The number of methoxy groups -OCH3 is 1. The molecule has 0 spiro atoms. The molecule has 0 radical (unpaired) electrons. The minimum absolute atomic E-state index is 0.293. The molecule has 6 nitrogen and oxygen atoms in total. The van der Waals surface area contributed by atoms with Crippen molar-refractivity contribution in [2.75, 3.05) is 7.11 Å². The molecule has 2 heterocycles. The molecule has 2 aliphatic rings. The minimum Gasteiger partial charge on any atom is -0.352 e. The molecule has 22 heavy (non-hydrogen) atoms. The normalized spacial score (nSPS) is 23.0. The summed E-state index contributed by atoms with van der Waals surface area (Å²) >= 11 is 0. The standard InChI is InChI=1S/C16H21N5O/c1-11(2)14-19-13-10-18-15(21-16(13,20-14)22-3)17-9-12-7-5-4-6-8-12/h4-8,10-11H,9H2,1-3H3,(H,19,20)(H2,17,18,21). The van der Waals surface area contributed by atoms with Gasteiger partial charge in [0.1, 0.15) is 11.5 Å². The van der Waals surface area contributed by atoms with Gasteiger partial charge >= 0.3 is 0 Å². The van der Waals surface area contributed by atoms with Gasteiger partial charge in [0.05, 0.1) is 6.20 Å². The highest BCUT2D eigenvalue weighted by molar-refractivity contribution is 5.91. The number of benzene rings is 1. The highest BCUT2D eigenvalue weighted by Gasteiger charge is 2.43. The van der Waals surface area contributed by atoms with Crippen LogP contribution in [-0.2, 0) is 11.3 Å². The third-order valence-corrected chi connectivity index (χ3v) is 3.66. The number of hydrogen-bond acceptors (Lipinski definition) is 6. The van der Waals surface area contributed by atoms with E-state index in [0.29, 0.717) is 18.4 Å². The first-order valence-corrected chi connectivity index (χ1v) is 7.39. The topological polar surface area (TPSA) is 70.0 Å². The molecule has 0 aromatic heterocycles. The van der Waals surface area contributed by atoms with E-state index in [1.807, 2.05) is 18.2 Å². The maximum atomic E-state index is 5.62. The van der Waals surface area contributed by atoms with E-state index < -0.39 is 5.85 Å². The molecule has 0 fully saturated rings. The summed E-state index contributed by atoms with van der Waals surface area (Å²) in [6.07, 6.45) is 1.76. The molecule has 0 saturated carbocycles. The number of guanidine groups is 1. The maximum Gasteiger partial charge on any atom is 0.285 e. The fourth-order valence-electron chi connectivity index (χ4n) is 2.37. The van der Waals surface area contributed by atoms with E-state index >= 15 is 0 Å². The fourth-order valence-corrected chi connectivity index (χ4v) is 2.37. The van der Waals surface area contributed by atoms with Gasteiger partial charge in [0.25, 0.3) is 5.85 Å². The molecular formula is C16H21N5O. The van der Waals surface area contributed by atoms with Gasteiger partial charge in [-0.05, 0) is 5.56 Å². The van der Waals surface area contributed by atoms with E-state index in [0.717, 1.165) is 11.5 Å². The number of aliphatic imine (C=N–C) groups is 2. The first-order valence-electron chi connectivity index (χ1n) is 7.39. The summed E-state index contributed by atoms with van der Waals surface area (Å²) in [5, 5.41) is 9.77. The fraction of sp³-hybridized carbons (Fsp3) is 0.375. The lowest BCUT2D eigenvalue weighted by Crippen LogP contribution is -2.55. The average molecular weight is 299 g/mol. The summed E-state index contributed by atoms with van der Waals surface area (Å²) in [5.41, 5.74) is 1.99.